The van der Waals surface area contributed by atoms with Crippen LogP contribution in [0.3, 0.4) is 0 Å². The molecule has 0 aliphatic carbocycles. The van der Waals surface area contributed by atoms with E-state index in [1.54, 1.807) is 18.2 Å². The monoisotopic (exact) mass is 270 g/mol. The summed E-state index contributed by atoms with van der Waals surface area (Å²) in [5, 5.41) is 37.1. The van der Waals surface area contributed by atoms with Crippen LogP contribution in [-0.4, -0.2) is 57.1 Å². The van der Waals surface area contributed by atoms with Crippen molar-refractivity contribution in [1.29, 1.82) is 0 Å². The van der Waals surface area contributed by atoms with Crippen LogP contribution in [0.2, 0.25) is 0 Å². The Balaban J connectivity index is 2.64. The molecule has 1 rings (SSSR count). The lowest BCUT2D eigenvalue weighted by Gasteiger charge is -2.22. The molecule has 0 aromatic heterocycles. The van der Waals surface area contributed by atoms with E-state index in [1.807, 2.05) is 0 Å². The van der Waals surface area contributed by atoms with Gasteiger partial charge in [0.25, 0.3) is 0 Å². The highest BCUT2D eigenvalue weighted by Crippen LogP contribution is 2.12. The Hall–Kier alpha value is -1.80. The highest BCUT2D eigenvalue weighted by Gasteiger charge is 2.35. The van der Waals surface area contributed by atoms with Crippen LogP contribution in [0, 0.1) is 0 Å². The molecule has 4 unspecified atom stereocenters. The summed E-state index contributed by atoms with van der Waals surface area (Å²) in [6.45, 7) is 0. The minimum Gasteiger partial charge on any atom is -0.425 e. The van der Waals surface area contributed by atoms with Crippen LogP contribution in [0.25, 0.3) is 0 Å². The lowest BCUT2D eigenvalue weighted by atomic mass is 10.0. The number of aliphatic hydroxyl groups is 4. The Kier molecular flexibility index (Phi) is 5.58. The summed E-state index contributed by atoms with van der Waals surface area (Å²) in [6.07, 6.45) is -8.06. The number of esters is 1. The van der Waals surface area contributed by atoms with Crippen molar-refractivity contribution in [3.63, 3.8) is 0 Å². The van der Waals surface area contributed by atoms with Gasteiger partial charge in [-0.15, -0.1) is 0 Å². The molecular formula is C12H14O7. The standard InChI is InChI=1S/C12H14O7/c13-6-8(14)9(15)10(16)11(17)12(18)19-7-4-2-1-3-5-7/h1-6,8-11,14-17H. The van der Waals surface area contributed by atoms with Crippen molar-refractivity contribution >= 4 is 12.3 Å². The van der Waals surface area contributed by atoms with E-state index < -0.39 is 30.4 Å². The van der Waals surface area contributed by atoms with Crippen molar-refractivity contribution in [1.82, 2.24) is 0 Å². The van der Waals surface area contributed by atoms with Gasteiger partial charge in [-0.1, -0.05) is 18.2 Å². The first-order chi connectivity index (χ1) is 8.97. The van der Waals surface area contributed by atoms with Crippen molar-refractivity contribution in [2.45, 2.75) is 24.4 Å². The lowest BCUT2D eigenvalue weighted by Crippen LogP contribution is -2.49. The fourth-order valence-electron chi connectivity index (χ4n) is 1.27. The first-order valence-corrected chi connectivity index (χ1v) is 5.41. The molecular weight excluding hydrogens is 256 g/mol. The molecule has 1 aromatic rings. The molecule has 104 valence electrons. The highest BCUT2D eigenvalue weighted by atomic mass is 16.6. The largest absolute Gasteiger partial charge is 0.425 e. The molecule has 0 saturated heterocycles. The number of aliphatic hydroxyl groups excluding tert-OH is 4. The summed E-state index contributed by atoms with van der Waals surface area (Å²) in [4.78, 5) is 21.7. The lowest BCUT2D eigenvalue weighted by molar-refractivity contribution is -0.161. The Labute approximate surface area is 108 Å². The normalized spacial score (nSPS) is 17.1. The molecule has 0 bridgehead atoms. The summed E-state index contributed by atoms with van der Waals surface area (Å²) in [6, 6.07) is 7.78. The summed E-state index contributed by atoms with van der Waals surface area (Å²) in [5.41, 5.74) is 0. The smallest absolute Gasteiger partial charge is 0.343 e. The number of ether oxygens (including phenoxy) is 1. The Bertz CT molecular complexity index is 419. The molecule has 1 aromatic carbocycles. The predicted octanol–water partition coefficient (Wildman–Crippen LogP) is -1.77. The zero-order chi connectivity index (χ0) is 14.4. The van der Waals surface area contributed by atoms with E-state index in [0.29, 0.717) is 0 Å². The van der Waals surface area contributed by atoms with Crippen LogP contribution >= 0.6 is 0 Å². The minimum absolute atomic E-state index is 0.0247. The maximum absolute atomic E-state index is 11.5. The van der Waals surface area contributed by atoms with E-state index in [-0.39, 0.29) is 12.0 Å². The topological polar surface area (TPSA) is 124 Å². The minimum atomic E-state index is -2.09. The van der Waals surface area contributed by atoms with E-state index in [9.17, 15) is 24.9 Å². The van der Waals surface area contributed by atoms with Gasteiger partial charge in [0.1, 0.15) is 24.1 Å². The Morgan fingerprint density at radius 3 is 2.16 bits per heavy atom. The molecule has 0 heterocycles. The molecule has 0 aliphatic heterocycles. The van der Waals surface area contributed by atoms with Gasteiger partial charge in [-0.2, -0.15) is 0 Å². The second kappa shape index (κ2) is 6.95. The third kappa shape index (κ3) is 4.11. The van der Waals surface area contributed by atoms with Gasteiger partial charge in [-0.3, -0.25) is 0 Å². The van der Waals surface area contributed by atoms with Crippen molar-refractivity contribution < 1.29 is 34.8 Å². The zero-order valence-electron chi connectivity index (χ0n) is 9.79. The molecule has 0 aliphatic rings. The molecule has 19 heavy (non-hydrogen) atoms. The van der Waals surface area contributed by atoms with Crippen molar-refractivity contribution in [2.24, 2.45) is 0 Å². The van der Waals surface area contributed by atoms with Crippen molar-refractivity contribution in [3.8, 4) is 5.75 Å². The molecule has 0 amide bonds. The first-order valence-electron chi connectivity index (χ1n) is 5.41. The molecule has 0 radical (unpaired) electrons. The number of para-hydroxylation sites is 1. The zero-order valence-corrected chi connectivity index (χ0v) is 9.79. The molecule has 7 nitrogen and oxygen atoms in total. The number of hydrogen-bond acceptors (Lipinski definition) is 7. The number of carbonyl (C=O) groups excluding carboxylic acids is 2. The summed E-state index contributed by atoms with van der Waals surface area (Å²) >= 11 is 0. The molecule has 7 heteroatoms. The van der Waals surface area contributed by atoms with E-state index in [4.69, 9.17) is 9.84 Å². The number of aldehydes is 1. The van der Waals surface area contributed by atoms with Crippen LogP contribution in [0.4, 0.5) is 0 Å². The fourth-order valence-corrected chi connectivity index (χ4v) is 1.27. The fraction of sp³-hybridized carbons (Fsp3) is 0.333. The Morgan fingerprint density at radius 1 is 1.05 bits per heavy atom. The summed E-state index contributed by atoms with van der Waals surface area (Å²) in [7, 11) is 0. The maximum Gasteiger partial charge on any atom is 0.343 e. The number of benzene rings is 1. The van der Waals surface area contributed by atoms with Gasteiger partial charge in [-0.25, -0.2) is 4.79 Å². The predicted molar refractivity (Wildman–Crippen MR) is 62.2 cm³/mol. The van der Waals surface area contributed by atoms with Gasteiger partial charge >= 0.3 is 5.97 Å². The van der Waals surface area contributed by atoms with Crippen LogP contribution in [0.1, 0.15) is 0 Å². The van der Waals surface area contributed by atoms with Crippen LogP contribution in [0.5, 0.6) is 5.75 Å². The van der Waals surface area contributed by atoms with Gasteiger partial charge in [0.05, 0.1) is 0 Å². The SMILES string of the molecule is O=CC(O)C(O)C(O)C(O)C(=O)Oc1ccccc1. The third-order valence-corrected chi connectivity index (χ3v) is 2.37. The van der Waals surface area contributed by atoms with Crippen LogP contribution in [0.15, 0.2) is 30.3 Å². The second-order valence-corrected chi connectivity index (χ2v) is 3.79. The first kappa shape index (κ1) is 15.3. The summed E-state index contributed by atoms with van der Waals surface area (Å²) in [5.74, 6) is -1.07. The van der Waals surface area contributed by atoms with Crippen LogP contribution in [-0.2, 0) is 9.59 Å². The van der Waals surface area contributed by atoms with Gasteiger partial charge in [-0.05, 0) is 12.1 Å². The van der Waals surface area contributed by atoms with E-state index in [0.717, 1.165) is 0 Å². The quantitative estimate of drug-likeness (QED) is 0.274. The van der Waals surface area contributed by atoms with Gasteiger partial charge in [0.2, 0.25) is 0 Å². The molecule has 4 atom stereocenters. The Morgan fingerprint density at radius 2 is 1.63 bits per heavy atom. The van der Waals surface area contributed by atoms with Gasteiger partial charge in [0.15, 0.2) is 12.4 Å². The van der Waals surface area contributed by atoms with Crippen LogP contribution < -0.4 is 4.74 Å². The number of carbonyl (C=O) groups is 2. The average Bonchev–Trinajstić information content (AvgIpc) is 2.44. The van der Waals surface area contributed by atoms with E-state index in [1.165, 1.54) is 12.1 Å². The van der Waals surface area contributed by atoms with Crippen molar-refractivity contribution in [2.75, 3.05) is 0 Å². The molecule has 0 saturated carbocycles. The van der Waals surface area contributed by atoms with Crippen molar-refractivity contribution in [3.05, 3.63) is 30.3 Å². The number of rotatable bonds is 6. The second-order valence-electron chi connectivity index (χ2n) is 3.79. The van der Waals surface area contributed by atoms with Gasteiger partial charge in [0, 0.05) is 0 Å². The molecule has 4 N–H and O–H groups in total. The molecule has 0 spiro atoms. The highest BCUT2D eigenvalue weighted by molar-refractivity contribution is 5.77. The van der Waals surface area contributed by atoms with Gasteiger partial charge < -0.3 is 30.0 Å². The number of hydrogen-bond donors (Lipinski definition) is 4. The van der Waals surface area contributed by atoms with E-state index in [2.05, 4.69) is 0 Å². The third-order valence-electron chi connectivity index (χ3n) is 2.37. The maximum atomic E-state index is 11.5. The van der Waals surface area contributed by atoms with E-state index >= 15 is 0 Å². The molecule has 0 fully saturated rings. The summed E-state index contributed by atoms with van der Waals surface area (Å²) < 4.78 is 4.73. The average molecular weight is 270 g/mol.